The molecule has 4 heteroatoms. The number of hydrogen-bond donors (Lipinski definition) is 2. The van der Waals surface area contributed by atoms with E-state index >= 15 is 0 Å². The van der Waals surface area contributed by atoms with Gasteiger partial charge in [-0.1, -0.05) is 53.7 Å². The van der Waals surface area contributed by atoms with Gasteiger partial charge in [0.1, 0.15) is 11.5 Å². The SMILES string of the molecule is CCN(CC)Cc1cc(C(C)(C)c2ccc(O)c(CN(CC)CC)c2)ccc1O. The van der Waals surface area contributed by atoms with Crippen LogP contribution in [0.4, 0.5) is 0 Å². The van der Waals surface area contributed by atoms with Gasteiger partial charge in [-0.05, 0) is 61.6 Å². The van der Waals surface area contributed by atoms with Gasteiger partial charge in [0.2, 0.25) is 0 Å². The Kier molecular flexibility index (Phi) is 8.12. The quantitative estimate of drug-likeness (QED) is 0.584. The van der Waals surface area contributed by atoms with Crippen LogP contribution in [-0.2, 0) is 18.5 Å². The van der Waals surface area contributed by atoms with Crippen LogP contribution in [0.15, 0.2) is 36.4 Å². The second kappa shape index (κ2) is 10.1. The topological polar surface area (TPSA) is 46.9 Å². The van der Waals surface area contributed by atoms with E-state index < -0.39 is 0 Å². The molecule has 0 aliphatic heterocycles. The monoisotopic (exact) mass is 398 g/mol. The summed E-state index contributed by atoms with van der Waals surface area (Å²) in [5.74, 6) is 0.703. The molecule has 2 aromatic rings. The molecule has 2 rings (SSSR count). The minimum Gasteiger partial charge on any atom is -0.508 e. The number of benzene rings is 2. The average Bonchev–Trinajstić information content (AvgIpc) is 2.72. The van der Waals surface area contributed by atoms with Gasteiger partial charge in [0, 0.05) is 29.6 Å². The molecule has 0 bridgehead atoms. The maximum Gasteiger partial charge on any atom is 0.120 e. The van der Waals surface area contributed by atoms with Crippen molar-refractivity contribution in [2.24, 2.45) is 0 Å². The molecule has 0 aliphatic rings. The zero-order valence-electron chi connectivity index (χ0n) is 19.0. The summed E-state index contributed by atoms with van der Waals surface area (Å²) in [5.41, 5.74) is 4.01. The Labute approximate surface area is 176 Å². The second-order valence-electron chi connectivity index (χ2n) is 8.23. The molecule has 0 atom stereocenters. The molecule has 160 valence electrons. The molecule has 0 heterocycles. The molecule has 0 saturated carbocycles. The van der Waals surface area contributed by atoms with Crippen LogP contribution in [0, 0.1) is 0 Å². The first-order chi connectivity index (χ1) is 13.8. The fourth-order valence-corrected chi connectivity index (χ4v) is 3.74. The Balaban J connectivity index is 2.39. The predicted molar refractivity (Wildman–Crippen MR) is 122 cm³/mol. The van der Waals surface area contributed by atoms with Gasteiger partial charge in [-0.25, -0.2) is 0 Å². The lowest BCUT2D eigenvalue weighted by molar-refractivity contribution is 0.290. The molecule has 4 nitrogen and oxygen atoms in total. The first kappa shape index (κ1) is 23.2. The van der Waals surface area contributed by atoms with Crippen LogP contribution >= 0.6 is 0 Å². The highest BCUT2D eigenvalue weighted by atomic mass is 16.3. The molecule has 0 saturated heterocycles. The van der Waals surface area contributed by atoms with Gasteiger partial charge in [0.15, 0.2) is 0 Å². The first-order valence-corrected chi connectivity index (χ1v) is 10.9. The maximum absolute atomic E-state index is 10.4. The van der Waals surface area contributed by atoms with E-state index in [0.29, 0.717) is 11.5 Å². The number of phenolic OH excluding ortho intramolecular Hbond substituents is 2. The summed E-state index contributed by atoms with van der Waals surface area (Å²) in [6.45, 7) is 18.3. The van der Waals surface area contributed by atoms with Crippen LogP contribution in [0.5, 0.6) is 11.5 Å². The third kappa shape index (κ3) is 5.52. The number of aromatic hydroxyl groups is 2. The van der Waals surface area contributed by atoms with Gasteiger partial charge >= 0.3 is 0 Å². The van der Waals surface area contributed by atoms with Crippen molar-refractivity contribution in [3.63, 3.8) is 0 Å². The van der Waals surface area contributed by atoms with Gasteiger partial charge in [0.25, 0.3) is 0 Å². The fourth-order valence-electron chi connectivity index (χ4n) is 3.74. The number of phenols is 2. The summed E-state index contributed by atoms with van der Waals surface area (Å²) < 4.78 is 0. The fraction of sp³-hybridized carbons (Fsp3) is 0.520. The van der Waals surface area contributed by atoms with Crippen molar-refractivity contribution in [3.8, 4) is 11.5 Å². The first-order valence-electron chi connectivity index (χ1n) is 10.9. The van der Waals surface area contributed by atoms with Crippen molar-refractivity contribution in [1.29, 1.82) is 0 Å². The Morgan fingerprint density at radius 3 is 1.31 bits per heavy atom. The van der Waals surface area contributed by atoms with E-state index in [2.05, 4.69) is 63.5 Å². The van der Waals surface area contributed by atoms with Crippen LogP contribution in [0.3, 0.4) is 0 Å². The van der Waals surface area contributed by atoms with Gasteiger partial charge in [0.05, 0.1) is 0 Å². The van der Waals surface area contributed by atoms with E-state index in [1.807, 2.05) is 24.3 Å². The van der Waals surface area contributed by atoms with E-state index in [9.17, 15) is 10.2 Å². The molecule has 0 amide bonds. The molecule has 0 aromatic heterocycles. The lowest BCUT2D eigenvalue weighted by atomic mass is 9.77. The van der Waals surface area contributed by atoms with Crippen LogP contribution in [-0.4, -0.2) is 46.2 Å². The second-order valence-corrected chi connectivity index (χ2v) is 8.23. The zero-order valence-corrected chi connectivity index (χ0v) is 19.0. The highest BCUT2D eigenvalue weighted by Gasteiger charge is 2.25. The van der Waals surface area contributed by atoms with Gasteiger partial charge in [-0.3, -0.25) is 9.80 Å². The summed E-state index contributed by atoms with van der Waals surface area (Å²) in [5, 5.41) is 20.8. The molecule has 0 unspecified atom stereocenters. The third-order valence-electron chi connectivity index (χ3n) is 6.18. The summed E-state index contributed by atoms with van der Waals surface area (Å²) in [6.07, 6.45) is 0. The van der Waals surface area contributed by atoms with Crippen molar-refractivity contribution < 1.29 is 10.2 Å². The van der Waals surface area contributed by atoms with Crippen molar-refractivity contribution >= 4 is 0 Å². The molecule has 2 aromatic carbocycles. The Bertz CT molecular complexity index is 728. The lowest BCUT2D eigenvalue weighted by Crippen LogP contribution is -2.24. The highest BCUT2D eigenvalue weighted by Crippen LogP contribution is 2.36. The Hall–Kier alpha value is -2.04. The summed E-state index contributed by atoms with van der Waals surface area (Å²) >= 11 is 0. The van der Waals surface area contributed by atoms with Crippen LogP contribution < -0.4 is 0 Å². The lowest BCUT2D eigenvalue weighted by Gasteiger charge is -2.29. The molecular formula is C25H38N2O2. The maximum atomic E-state index is 10.4. The van der Waals surface area contributed by atoms with E-state index in [1.165, 1.54) is 0 Å². The number of nitrogens with zero attached hydrogens (tertiary/aromatic N) is 2. The number of rotatable bonds is 10. The van der Waals surface area contributed by atoms with Gasteiger partial charge < -0.3 is 10.2 Å². The van der Waals surface area contributed by atoms with E-state index in [1.54, 1.807) is 0 Å². The molecule has 0 fully saturated rings. The Morgan fingerprint density at radius 1 is 0.655 bits per heavy atom. The van der Waals surface area contributed by atoms with Crippen LogP contribution in [0.2, 0.25) is 0 Å². The van der Waals surface area contributed by atoms with E-state index in [-0.39, 0.29) is 5.41 Å². The molecule has 0 radical (unpaired) electrons. The largest absolute Gasteiger partial charge is 0.508 e. The summed E-state index contributed by atoms with van der Waals surface area (Å²) in [6, 6.07) is 11.9. The average molecular weight is 399 g/mol. The van der Waals surface area contributed by atoms with Gasteiger partial charge in [-0.2, -0.15) is 0 Å². The molecule has 0 aliphatic carbocycles. The zero-order chi connectivity index (χ0) is 21.6. The minimum absolute atomic E-state index is 0.239. The Morgan fingerprint density at radius 2 is 1.00 bits per heavy atom. The number of hydrogen-bond acceptors (Lipinski definition) is 4. The van der Waals surface area contributed by atoms with E-state index in [0.717, 1.165) is 61.5 Å². The molecule has 29 heavy (non-hydrogen) atoms. The van der Waals surface area contributed by atoms with Crippen LogP contribution in [0.25, 0.3) is 0 Å². The van der Waals surface area contributed by atoms with Crippen LogP contribution in [0.1, 0.15) is 63.8 Å². The predicted octanol–water partition coefficient (Wildman–Crippen LogP) is 5.11. The highest BCUT2D eigenvalue weighted by molar-refractivity contribution is 5.47. The minimum atomic E-state index is -0.239. The van der Waals surface area contributed by atoms with Crippen molar-refractivity contribution in [2.75, 3.05) is 26.2 Å². The smallest absolute Gasteiger partial charge is 0.120 e. The summed E-state index contributed by atoms with van der Waals surface area (Å²) in [4.78, 5) is 4.60. The normalized spacial score (nSPS) is 12.1. The van der Waals surface area contributed by atoms with Crippen molar-refractivity contribution in [2.45, 2.75) is 60.0 Å². The third-order valence-corrected chi connectivity index (χ3v) is 6.18. The molecule has 0 spiro atoms. The standard InChI is InChI=1S/C25H38N2O2/c1-7-26(8-2)17-19-15-21(11-13-23(19)28)25(5,6)22-12-14-24(29)20(16-22)18-27(9-3)10-4/h11-16,28-29H,7-10,17-18H2,1-6H3. The van der Waals surface area contributed by atoms with Crippen molar-refractivity contribution in [3.05, 3.63) is 58.7 Å². The summed E-state index contributed by atoms with van der Waals surface area (Å²) in [7, 11) is 0. The van der Waals surface area contributed by atoms with Crippen molar-refractivity contribution in [1.82, 2.24) is 9.80 Å². The van der Waals surface area contributed by atoms with Gasteiger partial charge in [-0.15, -0.1) is 0 Å². The van der Waals surface area contributed by atoms with E-state index in [4.69, 9.17) is 0 Å². The molecular weight excluding hydrogens is 360 g/mol. The molecule has 2 N–H and O–H groups in total.